The lowest BCUT2D eigenvalue weighted by Crippen LogP contribution is -1.97. The normalized spacial score (nSPS) is 20.0. The molecule has 0 spiro atoms. The molecule has 8 aromatic rings. The number of furan rings is 1. The summed E-state index contributed by atoms with van der Waals surface area (Å²) in [6.45, 7) is 0. The molecule has 0 saturated heterocycles. The summed E-state index contributed by atoms with van der Waals surface area (Å²) in [4.78, 5) is 0. The predicted octanol–water partition coefficient (Wildman–Crippen LogP) is 10.8. The van der Waals surface area contributed by atoms with Crippen LogP contribution >= 0.6 is 0 Å². The Kier molecular flexibility index (Phi) is 2.13. The summed E-state index contributed by atoms with van der Waals surface area (Å²) in [5.41, 5.74) is -4.43. The first kappa shape index (κ1) is 9.21. The van der Waals surface area contributed by atoms with Crippen LogP contribution in [-0.2, 0) is 6.42 Å². The highest BCUT2D eigenvalue weighted by Gasteiger charge is 2.20. The van der Waals surface area contributed by atoms with Gasteiger partial charge in [-0.15, -0.1) is 0 Å². The highest BCUT2D eigenvalue weighted by atomic mass is 16.3. The van der Waals surface area contributed by atoms with Crippen molar-refractivity contribution in [1.29, 1.82) is 0 Å². The van der Waals surface area contributed by atoms with Crippen LogP contribution in [0.25, 0.3) is 65.7 Å². The second-order valence-electron chi connectivity index (χ2n) is 8.64. The van der Waals surface area contributed by atoms with E-state index in [2.05, 4.69) is 0 Å². The molecule has 1 nitrogen and oxygen atoms in total. The van der Waals surface area contributed by atoms with E-state index in [4.69, 9.17) is 30.5 Å². The molecule has 0 amide bonds. The summed E-state index contributed by atoms with van der Waals surface area (Å²) in [5.74, 6) is 0. The van der Waals surface area contributed by atoms with Gasteiger partial charge >= 0.3 is 0 Å². The number of hydrogen-bond donors (Lipinski definition) is 0. The van der Waals surface area contributed by atoms with E-state index < -0.39 is 228 Å². The molecule has 0 aliphatic carbocycles. The molecule has 8 rings (SSSR count). The fourth-order valence-electron chi connectivity index (χ4n) is 4.91. The lowest BCUT2D eigenvalue weighted by Gasteiger charge is -2.19. The molecule has 7 aromatic carbocycles. The molecule has 0 fully saturated rings. The summed E-state index contributed by atoms with van der Waals surface area (Å²) in [5, 5.41) is -3.09. The summed E-state index contributed by atoms with van der Waals surface area (Å²) in [6.07, 6.45) is -0.910. The number of para-hydroxylation sites is 1. The van der Waals surface area contributed by atoms with Gasteiger partial charge in [0.1, 0.15) is 11.2 Å². The van der Waals surface area contributed by atoms with E-state index in [1.165, 1.54) is 0 Å². The Morgan fingerprint density at radius 3 is 1.75 bits per heavy atom. The van der Waals surface area contributed by atoms with Crippen molar-refractivity contribution in [2.24, 2.45) is 0 Å². The molecule has 40 heavy (non-hydrogen) atoms. The number of benzene rings is 7. The van der Waals surface area contributed by atoms with Crippen LogP contribution in [0.5, 0.6) is 0 Å². The van der Waals surface area contributed by atoms with Gasteiger partial charge in [0.25, 0.3) is 0 Å². The van der Waals surface area contributed by atoms with Crippen LogP contribution in [0.2, 0.25) is 0 Å². The van der Waals surface area contributed by atoms with Crippen LogP contribution in [0.4, 0.5) is 0 Å². The fraction of sp³-hybridized carbons (Fsp3) is 0.0256. The van der Waals surface area contributed by atoms with Crippen LogP contribution in [0.3, 0.4) is 0 Å². The Balaban J connectivity index is 1.70. The minimum Gasteiger partial charge on any atom is -0.456 e. The van der Waals surface area contributed by atoms with E-state index in [0.717, 1.165) is 0 Å². The molecule has 1 heterocycles. The van der Waals surface area contributed by atoms with E-state index in [-0.39, 0.29) is 0 Å². The maximum atomic E-state index is 9.36. The standard InChI is InChI=1S/C39H26O/c1-2-13-26(14-3-1)28-16-5-4-15-27(28)25-35-29-17-6-8-19-31(29)38(32-20-9-7-18-30(32)35)34-22-12-24-37-39(34)33-21-10-11-23-36(33)40-37/h1-24H,25H2/i1D,2D,3D,4D,5D,6D,7D,8D,9D,10D,11D,12D,13D,14D,15D,16D,17D,18D,19D,20D,21D,22D,23D,24D. The second kappa shape index (κ2) is 9.25. The molecule has 0 unspecified atom stereocenters. The number of fused-ring (bicyclic) bond motifs is 5. The quantitative estimate of drug-likeness (QED) is 0.205. The number of hydrogen-bond acceptors (Lipinski definition) is 1. The fourth-order valence-corrected chi connectivity index (χ4v) is 4.91. The summed E-state index contributed by atoms with van der Waals surface area (Å²) in [7, 11) is 0. The van der Waals surface area contributed by atoms with Crippen LogP contribution in [0.1, 0.15) is 44.0 Å². The van der Waals surface area contributed by atoms with Gasteiger partial charge in [-0.25, -0.2) is 0 Å². The van der Waals surface area contributed by atoms with Crippen molar-refractivity contribution in [2.75, 3.05) is 0 Å². The Hall–Kier alpha value is -5.14. The zero-order valence-electron chi connectivity index (χ0n) is 44.1. The Morgan fingerprint density at radius 2 is 1.00 bits per heavy atom. The Morgan fingerprint density at radius 1 is 0.450 bits per heavy atom. The molecular weight excluding hydrogens is 484 g/mol. The summed E-state index contributed by atoms with van der Waals surface area (Å²) < 4.78 is 217. The topological polar surface area (TPSA) is 13.1 Å². The van der Waals surface area contributed by atoms with E-state index in [1.807, 2.05) is 0 Å². The van der Waals surface area contributed by atoms with Gasteiger partial charge in [-0.1, -0.05) is 133 Å². The number of rotatable bonds is 4. The SMILES string of the molecule is [2H]c1c([2H])c([2H])c(-c2c([2H])c([2H])c([2H])c([2H])c2Cc2c3c([2H])c([2H])c([2H])c([2H])c3c(-c3c([2H])c([2H])c([2H])c4oc5c([2H])c([2H])c([2H])c([2H])c5c34)c3c([2H])c([2H])c([2H])c([2H])c23)c([2H])c1[2H]. The molecule has 0 aliphatic rings. The molecule has 0 aliphatic heterocycles. The largest absolute Gasteiger partial charge is 0.456 e. The van der Waals surface area contributed by atoms with Crippen LogP contribution in [0, 0.1) is 0 Å². The summed E-state index contributed by atoms with van der Waals surface area (Å²) >= 11 is 0. The van der Waals surface area contributed by atoms with Crippen molar-refractivity contribution in [3.8, 4) is 22.3 Å². The van der Waals surface area contributed by atoms with Gasteiger partial charge in [-0.2, -0.15) is 0 Å². The van der Waals surface area contributed by atoms with E-state index >= 15 is 0 Å². The molecule has 0 saturated carbocycles. The van der Waals surface area contributed by atoms with Crippen molar-refractivity contribution in [1.82, 2.24) is 0 Å². The first-order chi connectivity index (χ1) is 29.8. The van der Waals surface area contributed by atoms with Gasteiger partial charge in [-0.05, 0) is 73.4 Å². The van der Waals surface area contributed by atoms with Crippen molar-refractivity contribution < 1.29 is 37.3 Å². The Labute approximate surface area is 266 Å². The monoisotopic (exact) mass is 534 g/mol. The van der Waals surface area contributed by atoms with Gasteiger partial charge in [-0.3, -0.25) is 0 Å². The zero-order chi connectivity index (χ0) is 47.4. The minimum atomic E-state index is -0.910. The lowest BCUT2D eigenvalue weighted by atomic mass is 9.84. The average molecular weight is 535 g/mol. The third-order valence-corrected chi connectivity index (χ3v) is 6.55. The molecule has 1 heteroatoms. The van der Waals surface area contributed by atoms with Crippen molar-refractivity contribution >= 4 is 43.5 Å². The van der Waals surface area contributed by atoms with Gasteiger partial charge in [0.15, 0.2) is 0 Å². The first-order valence-corrected chi connectivity index (χ1v) is 11.9. The van der Waals surface area contributed by atoms with Crippen LogP contribution < -0.4 is 0 Å². The van der Waals surface area contributed by atoms with E-state index in [9.17, 15) is 6.85 Å². The van der Waals surface area contributed by atoms with Crippen LogP contribution in [-0.4, -0.2) is 0 Å². The highest BCUT2D eigenvalue weighted by molar-refractivity contribution is 6.22. The Bertz CT molecular complexity index is 3410. The van der Waals surface area contributed by atoms with E-state index in [0.29, 0.717) is 0 Å². The zero-order valence-corrected chi connectivity index (χ0v) is 20.1. The first-order valence-electron chi connectivity index (χ1n) is 23.9. The van der Waals surface area contributed by atoms with Gasteiger partial charge in [0.05, 0.1) is 32.9 Å². The maximum absolute atomic E-state index is 9.36. The predicted molar refractivity (Wildman–Crippen MR) is 169 cm³/mol. The molecule has 0 atom stereocenters. The molecule has 188 valence electrons. The third kappa shape index (κ3) is 3.56. The van der Waals surface area contributed by atoms with Gasteiger partial charge in [0.2, 0.25) is 0 Å². The van der Waals surface area contributed by atoms with Crippen molar-refractivity contribution in [3.05, 3.63) is 156 Å². The third-order valence-electron chi connectivity index (χ3n) is 6.55. The van der Waals surface area contributed by atoms with Crippen molar-refractivity contribution in [2.45, 2.75) is 6.42 Å². The minimum absolute atomic E-state index is 0.420. The van der Waals surface area contributed by atoms with Crippen LogP contribution in [0.15, 0.2) is 149 Å². The second-order valence-corrected chi connectivity index (χ2v) is 8.64. The molecule has 0 bridgehead atoms. The summed E-state index contributed by atoms with van der Waals surface area (Å²) in [6, 6.07) is -20.3. The maximum Gasteiger partial charge on any atom is 0.136 e. The van der Waals surface area contributed by atoms with Gasteiger partial charge in [0, 0.05) is 10.8 Å². The van der Waals surface area contributed by atoms with Crippen molar-refractivity contribution in [3.63, 3.8) is 0 Å². The molecular formula is C39H26O. The highest BCUT2D eigenvalue weighted by Crippen LogP contribution is 2.45. The molecule has 0 N–H and O–H groups in total. The molecule has 0 radical (unpaired) electrons. The van der Waals surface area contributed by atoms with E-state index in [1.54, 1.807) is 0 Å². The van der Waals surface area contributed by atoms with Gasteiger partial charge < -0.3 is 4.42 Å². The average Bonchev–Trinajstić information content (AvgIpc) is 3.67. The lowest BCUT2D eigenvalue weighted by molar-refractivity contribution is 0.669. The smallest absolute Gasteiger partial charge is 0.136 e. The molecule has 1 aromatic heterocycles.